The summed E-state index contributed by atoms with van der Waals surface area (Å²) < 4.78 is 30.3. The van der Waals surface area contributed by atoms with Crippen LogP contribution in [0.15, 0.2) is 70.5 Å². The Balaban J connectivity index is 2.23. The molecule has 24 heavy (non-hydrogen) atoms. The fraction of sp³-hybridized carbons (Fsp3) is 0.211. The fourth-order valence-corrected chi connectivity index (χ4v) is 3.40. The molecule has 0 amide bonds. The van der Waals surface area contributed by atoms with Crippen LogP contribution in [0.5, 0.6) is 5.75 Å². The van der Waals surface area contributed by atoms with Crippen molar-refractivity contribution in [2.45, 2.75) is 36.5 Å². The molecule has 2 aromatic carbocycles. The highest BCUT2D eigenvalue weighted by molar-refractivity contribution is 7.91. The lowest BCUT2D eigenvalue weighted by Gasteiger charge is -2.08. The van der Waals surface area contributed by atoms with Gasteiger partial charge in [0, 0.05) is 5.57 Å². The fourth-order valence-electron chi connectivity index (χ4n) is 2.14. The first-order valence-corrected chi connectivity index (χ1v) is 9.14. The average Bonchev–Trinajstić information content (AvgIpc) is 2.56. The van der Waals surface area contributed by atoms with Crippen molar-refractivity contribution in [2.24, 2.45) is 0 Å². The van der Waals surface area contributed by atoms with Gasteiger partial charge in [0.25, 0.3) is 0 Å². The molecule has 0 fully saturated rings. The van der Waals surface area contributed by atoms with Crippen LogP contribution in [0.1, 0.15) is 25.8 Å². The highest BCUT2D eigenvalue weighted by atomic mass is 32.2. The third-order valence-corrected chi connectivity index (χ3v) is 5.25. The molecule has 2 aromatic rings. The van der Waals surface area contributed by atoms with E-state index in [-0.39, 0.29) is 21.1 Å². The minimum atomic E-state index is -3.59. The molecular weight excluding hydrogens is 324 g/mol. The second-order valence-electron chi connectivity index (χ2n) is 5.54. The predicted molar refractivity (Wildman–Crippen MR) is 92.8 cm³/mol. The number of hydrogen-bond acceptors (Lipinski definition) is 4. The molecule has 0 aliphatic rings. The summed E-state index contributed by atoms with van der Waals surface area (Å²) in [6.07, 6.45) is 1.93. The molecule has 5 heteroatoms. The maximum Gasteiger partial charge on any atom is 0.338 e. The summed E-state index contributed by atoms with van der Waals surface area (Å²) in [5.74, 6) is -0.266. The zero-order valence-electron chi connectivity index (χ0n) is 13.8. The van der Waals surface area contributed by atoms with E-state index in [1.54, 1.807) is 19.1 Å². The van der Waals surface area contributed by atoms with Crippen LogP contribution in [0.2, 0.25) is 0 Å². The first-order valence-electron chi connectivity index (χ1n) is 7.66. The highest BCUT2D eigenvalue weighted by Gasteiger charge is 2.17. The first kappa shape index (κ1) is 17.9. The summed E-state index contributed by atoms with van der Waals surface area (Å²) in [5.41, 5.74) is 1.39. The molecule has 4 nitrogen and oxygen atoms in total. The maximum absolute atomic E-state index is 12.6. The molecule has 0 atom stereocenters. The van der Waals surface area contributed by atoms with Crippen molar-refractivity contribution in [3.63, 3.8) is 0 Å². The number of rotatable bonds is 6. The number of hydrogen-bond donors (Lipinski definition) is 0. The van der Waals surface area contributed by atoms with Gasteiger partial charge in [0.1, 0.15) is 5.75 Å². The highest BCUT2D eigenvalue weighted by Crippen LogP contribution is 2.24. The van der Waals surface area contributed by atoms with Crippen LogP contribution < -0.4 is 4.74 Å². The van der Waals surface area contributed by atoms with Gasteiger partial charge in [0.05, 0.1) is 9.79 Å². The summed E-state index contributed by atoms with van der Waals surface area (Å²) in [4.78, 5) is 11.9. The number of sulfone groups is 1. The Hall–Kier alpha value is -2.40. The minimum absolute atomic E-state index is 0.154. The third-order valence-electron chi connectivity index (χ3n) is 3.47. The Morgan fingerprint density at radius 3 is 1.96 bits per heavy atom. The van der Waals surface area contributed by atoms with E-state index in [1.807, 2.05) is 12.1 Å². The number of ether oxygens (including phenoxy) is 1. The molecule has 0 heterocycles. The maximum atomic E-state index is 12.6. The normalized spacial score (nSPS) is 11.1. The molecule has 0 N–H and O–H groups in total. The SMILES string of the molecule is C=C(C)C(=O)Oc1ccc(S(=O)(=O)c2ccc(CCC)cc2)cc1. The number of aryl methyl sites for hydroxylation is 1. The van der Waals surface area contributed by atoms with E-state index in [2.05, 4.69) is 13.5 Å². The molecule has 126 valence electrons. The number of benzene rings is 2. The van der Waals surface area contributed by atoms with E-state index < -0.39 is 15.8 Å². The van der Waals surface area contributed by atoms with Crippen LogP contribution in [-0.2, 0) is 21.1 Å². The first-order chi connectivity index (χ1) is 11.3. The van der Waals surface area contributed by atoms with Crippen molar-refractivity contribution in [3.8, 4) is 5.75 Å². The molecular formula is C19H20O4S. The Labute approximate surface area is 142 Å². The van der Waals surface area contributed by atoms with Gasteiger partial charge in [-0.2, -0.15) is 0 Å². The molecule has 0 aliphatic carbocycles. The van der Waals surface area contributed by atoms with Gasteiger partial charge < -0.3 is 4.74 Å². The molecule has 0 aliphatic heterocycles. The van der Waals surface area contributed by atoms with Crippen LogP contribution in [0.4, 0.5) is 0 Å². The standard InChI is InChI=1S/C19H20O4S/c1-4-5-15-6-10-17(11-7-15)24(21,22)18-12-8-16(9-13-18)23-19(20)14(2)3/h6-13H,2,4-5H2,1,3H3. The number of carbonyl (C=O) groups is 1. The summed E-state index contributed by atoms with van der Waals surface area (Å²) in [7, 11) is -3.59. The van der Waals surface area contributed by atoms with Gasteiger partial charge in [0.2, 0.25) is 9.84 Å². The van der Waals surface area contributed by atoms with Crippen molar-refractivity contribution in [2.75, 3.05) is 0 Å². The molecule has 0 aromatic heterocycles. The lowest BCUT2D eigenvalue weighted by atomic mass is 10.1. The van der Waals surface area contributed by atoms with Crippen molar-refractivity contribution in [1.29, 1.82) is 0 Å². The van der Waals surface area contributed by atoms with Gasteiger partial charge >= 0.3 is 5.97 Å². The summed E-state index contributed by atoms with van der Waals surface area (Å²) in [5, 5.41) is 0. The van der Waals surface area contributed by atoms with Crippen LogP contribution in [0, 0.1) is 0 Å². The van der Waals surface area contributed by atoms with Gasteiger partial charge in [-0.15, -0.1) is 0 Å². The zero-order valence-corrected chi connectivity index (χ0v) is 14.6. The van der Waals surface area contributed by atoms with Crippen LogP contribution >= 0.6 is 0 Å². The predicted octanol–water partition coefficient (Wildman–Crippen LogP) is 3.95. The molecule has 0 radical (unpaired) electrons. The number of carbonyl (C=O) groups excluding carboxylic acids is 1. The Morgan fingerprint density at radius 2 is 1.50 bits per heavy atom. The molecule has 0 spiro atoms. The zero-order chi connectivity index (χ0) is 17.7. The van der Waals surface area contributed by atoms with E-state index in [4.69, 9.17) is 4.74 Å². The lowest BCUT2D eigenvalue weighted by molar-refractivity contribution is -0.130. The topological polar surface area (TPSA) is 60.4 Å². The molecule has 0 bridgehead atoms. The van der Waals surface area contributed by atoms with E-state index >= 15 is 0 Å². The summed E-state index contributed by atoms with van der Waals surface area (Å²) >= 11 is 0. The monoisotopic (exact) mass is 344 g/mol. The van der Waals surface area contributed by atoms with E-state index in [9.17, 15) is 13.2 Å². The van der Waals surface area contributed by atoms with Gasteiger partial charge in [-0.1, -0.05) is 32.1 Å². The van der Waals surface area contributed by atoms with Crippen molar-refractivity contribution in [3.05, 3.63) is 66.2 Å². The van der Waals surface area contributed by atoms with E-state index in [1.165, 1.54) is 24.3 Å². The molecule has 0 saturated carbocycles. The second kappa shape index (κ2) is 7.45. The largest absolute Gasteiger partial charge is 0.423 e. The Morgan fingerprint density at radius 1 is 1.00 bits per heavy atom. The van der Waals surface area contributed by atoms with Crippen molar-refractivity contribution in [1.82, 2.24) is 0 Å². The van der Waals surface area contributed by atoms with Gasteiger partial charge in [0.15, 0.2) is 0 Å². The van der Waals surface area contributed by atoms with Crippen molar-refractivity contribution < 1.29 is 17.9 Å². The lowest BCUT2D eigenvalue weighted by Crippen LogP contribution is -2.08. The molecule has 0 saturated heterocycles. The molecule has 0 unspecified atom stereocenters. The summed E-state index contributed by atoms with van der Waals surface area (Å²) in [6.45, 7) is 7.12. The van der Waals surface area contributed by atoms with Crippen LogP contribution in [0.25, 0.3) is 0 Å². The molecule has 2 rings (SSSR count). The smallest absolute Gasteiger partial charge is 0.338 e. The summed E-state index contributed by atoms with van der Waals surface area (Å²) in [6, 6.07) is 12.7. The van der Waals surface area contributed by atoms with Crippen molar-refractivity contribution >= 4 is 15.8 Å². The van der Waals surface area contributed by atoms with Crippen LogP contribution in [-0.4, -0.2) is 14.4 Å². The third kappa shape index (κ3) is 4.11. The van der Waals surface area contributed by atoms with Gasteiger partial charge in [-0.05, 0) is 55.3 Å². The second-order valence-corrected chi connectivity index (χ2v) is 7.49. The van der Waals surface area contributed by atoms with Gasteiger partial charge in [-0.25, -0.2) is 13.2 Å². The minimum Gasteiger partial charge on any atom is -0.423 e. The van der Waals surface area contributed by atoms with E-state index in [0.29, 0.717) is 0 Å². The Kier molecular flexibility index (Phi) is 5.57. The number of esters is 1. The van der Waals surface area contributed by atoms with E-state index in [0.717, 1.165) is 18.4 Å². The average molecular weight is 344 g/mol. The van der Waals surface area contributed by atoms with Gasteiger partial charge in [-0.3, -0.25) is 0 Å². The Bertz CT molecular complexity index is 832. The van der Waals surface area contributed by atoms with Crippen LogP contribution in [0.3, 0.4) is 0 Å². The quantitative estimate of drug-likeness (QED) is 0.452.